The maximum absolute atomic E-state index is 12.5. The van der Waals surface area contributed by atoms with Crippen LogP contribution in [-0.4, -0.2) is 54.2 Å². The number of rotatable bonds is 5. The Morgan fingerprint density at radius 1 is 1.32 bits per heavy atom. The van der Waals surface area contributed by atoms with Crippen LogP contribution in [0, 0.1) is 17.8 Å². The fourth-order valence-electron chi connectivity index (χ4n) is 4.19. The van der Waals surface area contributed by atoms with Crippen molar-refractivity contribution in [1.82, 2.24) is 15.5 Å². The summed E-state index contributed by atoms with van der Waals surface area (Å²) in [5, 5.41) is 16.1. The van der Waals surface area contributed by atoms with Gasteiger partial charge in [-0.05, 0) is 51.0 Å². The van der Waals surface area contributed by atoms with Gasteiger partial charge in [-0.25, -0.2) is 0 Å². The third-order valence-corrected chi connectivity index (χ3v) is 5.51. The maximum atomic E-state index is 12.5. The topological polar surface area (TPSA) is 81.7 Å². The van der Waals surface area contributed by atoms with Crippen molar-refractivity contribution in [2.24, 2.45) is 17.8 Å². The van der Waals surface area contributed by atoms with E-state index in [1.807, 2.05) is 4.90 Å². The standard InChI is InChI=1S/C16H27N3O3/c20-15-13-9-11(16(21)22)4-5-12(13)10-19(15)8-7-18-14-3-1-2-6-17-14/h11-14,17-18H,1-10H2,(H,21,22). The molecule has 3 fully saturated rings. The zero-order valence-electron chi connectivity index (χ0n) is 13.1. The molecule has 0 spiro atoms. The fraction of sp³-hybridized carbons (Fsp3) is 0.875. The molecule has 0 aromatic carbocycles. The van der Waals surface area contributed by atoms with Crippen molar-refractivity contribution in [3.05, 3.63) is 0 Å². The Kier molecular flexibility index (Phi) is 4.98. The summed E-state index contributed by atoms with van der Waals surface area (Å²) >= 11 is 0. The lowest BCUT2D eigenvalue weighted by Gasteiger charge is -2.26. The Morgan fingerprint density at radius 3 is 2.91 bits per heavy atom. The molecule has 1 saturated carbocycles. The molecule has 0 radical (unpaired) electrons. The molecule has 0 bridgehead atoms. The number of carbonyl (C=O) groups is 2. The summed E-state index contributed by atoms with van der Waals surface area (Å²) in [4.78, 5) is 25.6. The lowest BCUT2D eigenvalue weighted by atomic mass is 9.76. The van der Waals surface area contributed by atoms with Crippen LogP contribution in [0.4, 0.5) is 0 Å². The van der Waals surface area contributed by atoms with Crippen molar-refractivity contribution in [2.45, 2.75) is 44.7 Å². The van der Waals surface area contributed by atoms with Crippen LogP contribution in [0.25, 0.3) is 0 Å². The molecule has 1 amide bonds. The van der Waals surface area contributed by atoms with E-state index in [2.05, 4.69) is 10.6 Å². The number of aliphatic carboxylic acids is 1. The second-order valence-electron chi connectivity index (χ2n) is 6.96. The first kappa shape index (κ1) is 15.7. The lowest BCUT2D eigenvalue weighted by Crippen LogP contribution is -2.47. The second-order valence-corrected chi connectivity index (χ2v) is 6.96. The van der Waals surface area contributed by atoms with Gasteiger partial charge < -0.3 is 20.6 Å². The zero-order valence-corrected chi connectivity index (χ0v) is 13.1. The van der Waals surface area contributed by atoms with E-state index in [1.165, 1.54) is 12.8 Å². The van der Waals surface area contributed by atoms with Crippen molar-refractivity contribution in [3.63, 3.8) is 0 Å². The van der Waals surface area contributed by atoms with Gasteiger partial charge >= 0.3 is 5.97 Å². The van der Waals surface area contributed by atoms with Crippen molar-refractivity contribution in [1.29, 1.82) is 0 Å². The number of piperidine rings is 1. The molecule has 0 aromatic heterocycles. The molecule has 4 unspecified atom stereocenters. The number of hydrogen-bond acceptors (Lipinski definition) is 4. The summed E-state index contributed by atoms with van der Waals surface area (Å²) in [5.41, 5.74) is 0. The van der Waals surface area contributed by atoms with Gasteiger partial charge in [0.1, 0.15) is 0 Å². The number of likely N-dealkylation sites (tertiary alicyclic amines) is 1. The van der Waals surface area contributed by atoms with E-state index in [-0.39, 0.29) is 17.7 Å². The minimum Gasteiger partial charge on any atom is -0.481 e. The number of carboxylic acids is 1. The third-order valence-electron chi connectivity index (χ3n) is 5.51. The normalized spacial score (nSPS) is 35.5. The van der Waals surface area contributed by atoms with Crippen LogP contribution in [0.15, 0.2) is 0 Å². The lowest BCUT2D eigenvalue weighted by molar-refractivity contribution is -0.144. The number of carbonyl (C=O) groups excluding carboxylic acids is 1. The van der Waals surface area contributed by atoms with Gasteiger partial charge in [0, 0.05) is 25.6 Å². The van der Waals surface area contributed by atoms with Gasteiger partial charge in [0.25, 0.3) is 0 Å². The molecular weight excluding hydrogens is 282 g/mol. The molecule has 6 nitrogen and oxygen atoms in total. The highest BCUT2D eigenvalue weighted by Crippen LogP contribution is 2.39. The largest absolute Gasteiger partial charge is 0.481 e. The molecule has 3 rings (SSSR count). The molecule has 124 valence electrons. The van der Waals surface area contributed by atoms with Crippen LogP contribution in [0.5, 0.6) is 0 Å². The summed E-state index contributed by atoms with van der Waals surface area (Å²) in [6.45, 7) is 3.43. The van der Waals surface area contributed by atoms with E-state index in [1.54, 1.807) is 0 Å². The molecule has 2 saturated heterocycles. The van der Waals surface area contributed by atoms with Crippen molar-refractivity contribution in [2.75, 3.05) is 26.2 Å². The van der Waals surface area contributed by atoms with Crippen LogP contribution >= 0.6 is 0 Å². The number of nitrogens with zero attached hydrogens (tertiary/aromatic N) is 1. The first-order valence-corrected chi connectivity index (χ1v) is 8.63. The van der Waals surface area contributed by atoms with E-state index in [0.29, 0.717) is 18.5 Å². The first-order valence-electron chi connectivity index (χ1n) is 8.63. The van der Waals surface area contributed by atoms with E-state index in [9.17, 15) is 9.59 Å². The smallest absolute Gasteiger partial charge is 0.306 e. The highest BCUT2D eigenvalue weighted by atomic mass is 16.4. The van der Waals surface area contributed by atoms with E-state index >= 15 is 0 Å². The minimum atomic E-state index is -0.741. The Labute approximate surface area is 131 Å². The predicted octanol–water partition coefficient (Wildman–Crippen LogP) is 0.635. The van der Waals surface area contributed by atoms with E-state index in [0.717, 1.165) is 45.4 Å². The Morgan fingerprint density at radius 2 is 2.18 bits per heavy atom. The number of hydrogen-bond donors (Lipinski definition) is 3. The van der Waals surface area contributed by atoms with Crippen molar-refractivity contribution >= 4 is 11.9 Å². The Bertz CT molecular complexity index is 423. The summed E-state index contributed by atoms with van der Waals surface area (Å²) in [5.74, 6) is -0.572. The van der Waals surface area contributed by atoms with Gasteiger partial charge in [-0.15, -0.1) is 0 Å². The summed E-state index contributed by atoms with van der Waals surface area (Å²) in [6, 6.07) is 0. The molecule has 6 heteroatoms. The molecule has 2 aliphatic heterocycles. The van der Waals surface area contributed by atoms with Gasteiger partial charge in [0.2, 0.25) is 5.91 Å². The number of nitrogens with one attached hydrogen (secondary N) is 2. The molecule has 22 heavy (non-hydrogen) atoms. The Balaban J connectivity index is 1.45. The van der Waals surface area contributed by atoms with Gasteiger partial charge in [-0.2, -0.15) is 0 Å². The van der Waals surface area contributed by atoms with Gasteiger partial charge in [0.15, 0.2) is 0 Å². The molecule has 1 aliphatic carbocycles. The van der Waals surface area contributed by atoms with Crippen molar-refractivity contribution in [3.8, 4) is 0 Å². The third kappa shape index (κ3) is 3.43. The van der Waals surface area contributed by atoms with E-state index < -0.39 is 5.97 Å². The molecule has 3 N–H and O–H groups in total. The van der Waals surface area contributed by atoms with Crippen LogP contribution in [0.2, 0.25) is 0 Å². The molecule has 3 aliphatic rings. The van der Waals surface area contributed by atoms with Crippen LogP contribution in [0.3, 0.4) is 0 Å². The second kappa shape index (κ2) is 6.96. The number of fused-ring (bicyclic) bond motifs is 1. The molecule has 0 aromatic rings. The van der Waals surface area contributed by atoms with Gasteiger partial charge in [-0.1, -0.05) is 0 Å². The van der Waals surface area contributed by atoms with Gasteiger partial charge in [-0.3, -0.25) is 9.59 Å². The highest BCUT2D eigenvalue weighted by molar-refractivity contribution is 5.82. The number of carboxylic acid groups (broad SMARTS) is 1. The average Bonchev–Trinajstić information content (AvgIpc) is 2.84. The maximum Gasteiger partial charge on any atom is 0.306 e. The minimum absolute atomic E-state index is 0.0531. The highest BCUT2D eigenvalue weighted by Gasteiger charge is 2.45. The number of amides is 1. The summed E-state index contributed by atoms with van der Waals surface area (Å²) in [6.07, 6.45) is 6.17. The Hall–Kier alpha value is -1.14. The van der Waals surface area contributed by atoms with Crippen LogP contribution in [-0.2, 0) is 9.59 Å². The fourth-order valence-corrected chi connectivity index (χ4v) is 4.19. The average molecular weight is 309 g/mol. The van der Waals surface area contributed by atoms with Crippen LogP contribution < -0.4 is 10.6 Å². The van der Waals surface area contributed by atoms with Crippen LogP contribution in [0.1, 0.15) is 38.5 Å². The van der Waals surface area contributed by atoms with E-state index in [4.69, 9.17) is 5.11 Å². The summed E-state index contributed by atoms with van der Waals surface area (Å²) < 4.78 is 0. The monoisotopic (exact) mass is 309 g/mol. The van der Waals surface area contributed by atoms with Gasteiger partial charge in [0.05, 0.1) is 12.1 Å². The van der Waals surface area contributed by atoms with Crippen molar-refractivity contribution < 1.29 is 14.7 Å². The molecule has 2 heterocycles. The zero-order chi connectivity index (χ0) is 15.5. The summed E-state index contributed by atoms with van der Waals surface area (Å²) in [7, 11) is 0. The molecular formula is C16H27N3O3. The molecule has 4 atom stereocenters. The predicted molar refractivity (Wildman–Crippen MR) is 82.2 cm³/mol. The SMILES string of the molecule is O=C(O)C1CCC2CN(CCNC3CCCCN3)C(=O)C2C1. The first-order chi connectivity index (χ1) is 10.6. The quantitative estimate of drug-likeness (QED) is 0.694.